The minimum absolute atomic E-state index is 0.0344. The van der Waals surface area contributed by atoms with Crippen LogP contribution >= 0.6 is 11.6 Å². The predicted molar refractivity (Wildman–Crippen MR) is 60.4 cm³/mol. The number of benzene rings is 1. The van der Waals surface area contributed by atoms with Gasteiger partial charge >= 0.3 is 0 Å². The lowest BCUT2D eigenvalue weighted by Crippen LogP contribution is -2.16. The number of nitrogens with one attached hydrogen (secondary N) is 1. The Morgan fingerprint density at radius 2 is 2.27 bits per heavy atom. The summed E-state index contributed by atoms with van der Waals surface area (Å²) in [6.07, 6.45) is 0.782. The maximum Gasteiger partial charge on any atom is 0.270 e. The van der Waals surface area contributed by atoms with Crippen molar-refractivity contribution in [1.82, 2.24) is 5.32 Å². The largest absolute Gasteiger partial charge is 0.317 e. The van der Waals surface area contributed by atoms with Gasteiger partial charge in [-0.1, -0.05) is 24.6 Å². The summed E-state index contributed by atoms with van der Waals surface area (Å²) in [6, 6.07) is 4.58. The van der Waals surface area contributed by atoms with Gasteiger partial charge in [0.25, 0.3) is 5.69 Å². The lowest BCUT2D eigenvalue weighted by Gasteiger charge is -2.04. The smallest absolute Gasteiger partial charge is 0.270 e. The van der Waals surface area contributed by atoms with E-state index in [1.54, 1.807) is 6.07 Å². The molecule has 0 spiro atoms. The molecule has 0 saturated heterocycles. The molecule has 0 aliphatic carbocycles. The first-order valence-electron chi connectivity index (χ1n) is 4.78. The van der Waals surface area contributed by atoms with E-state index >= 15 is 0 Å². The fourth-order valence-corrected chi connectivity index (χ4v) is 1.52. The van der Waals surface area contributed by atoms with Crippen LogP contribution in [0.4, 0.5) is 5.69 Å². The third-order valence-electron chi connectivity index (χ3n) is 2.07. The second-order valence-corrected chi connectivity index (χ2v) is 3.54. The molecule has 82 valence electrons. The second-order valence-electron chi connectivity index (χ2n) is 3.14. The first kappa shape index (κ1) is 11.9. The normalized spacial score (nSPS) is 10.3. The van der Waals surface area contributed by atoms with Crippen LogP contribution in [-0.4, -0.2) is 18.0 Å². The number of nitro benzene ring substituents is 1. The lowest BCUT2D eigenvalue weighted by molar-refractivity contribution is -0.384. The Balaban J connectivity index is 2.70. The third kappa shape index (κ3) is 3.49. The molecule has 0 heterocycles. The maximum atomic E-state index is 10.5. The van der Waals surface area contributed by atoms with E-state index < -0.39 is 4.92 Å². The molecule has 0 amide bonds. The zero-order valence-electron chi connectivity index (χ0n) is 8.50. The van der Waals surface area contributed by atoms with Crippen LogP contribution in [0.3, 0.4) is 0 Å². The van der Waals surface area contributed by atoms with E-state index in [-0.39, 0.29) is 5.69 Å². The fraction of sp³-hybridized carbons (Fsp3) is 0.400. The van der Waals surface area contributed by atoms with E-state index in [2.05, 4.69) is 5.32 Å². The molecular formula is C10H13ClN2O2. The van der Waals surface area contributed by atoms with E-state index in [1.807, 2.05) is 6.92 Å². The van der Waals surface area contributed by atoms with Gasteiger partial charge in [0.1, 0.15) is 0 Å². The Morgan fingerprint density at radius 1 is 1.53 bits per heavy atom. The highest BCUT2D eigenvalue weighted by Gasteiger charge is 2.08. The van der Waals surface area contributed by atoms with Crippen LogP contribution in [0.5, 0.6) is 0 Å². The van der Waals surface area contributed by atoms with Crippen molar-refractivity contribution in [2.45, 2.75) is 13.3 Å². The maximum absolute atomic E-state index is 10.5. The molecule has 0 bridgehead atoms. The average molecular weight is 229 g/mol. The zero-order valence-corrected chi connectivity index (χ0v) is 9.25. The average Bonchev–Trinajstić information content (AvgIpc) is 2.20. The number of nitro groups is 1. The van der Waals surface area contributed by atoms with Gasteiger partial charge in [-0.3, -0.25) is 10.1 Å². The standard InChI is InChI=1S/C10H13ClN2O2/c1-2-12-6-5-8-3-4-9(13(14)15)7-10(8)11/h3-4,7,12H,2,5-6H2,1H3. The van der Waals surface area contributed by atoms with E-state index in [0.717, 1.165) is 25.1 Å². The van der Waals surface area contributed by atoms with Gasteiger partial charge in [0.05, 0.1) is 9.95 Å². The highest BCUT2D eigenvalue weighted by molar-refractivity contribution is 6.31. The van der Waals surface area contributed by atoms with E-state index in [9.17, 15) is 10.1 Å². The summed E-state index contributed by atoms with van der Waals surface area (Å²) in [5, 5.41) is 14.1. The molecule has 0 fully saturated rings. The summed E-state index contributed by atoms with van der Waals surface area (Å²) < 4.78 is 0. The van der Waals surface area contributed by atoms with E-state index in [1.165, 1.54) is 12.1 Å². The molecular weight excluding hydrogens is 216 g/mol. The predicted octanol–water partition coefficient (Wildman–Crippen LogP) is 2.40. The number of rotatable bonds is 5. The van der Waals surface area contributed by atoms with Gasteiger partial charge in [-0.25, -0.2) is 0 Å². The molecule has 0 aromatic heterocycles. The van der Waals surface area contributed by atoms with Gasteiger partial charge in [0, 0.05) is 12.1 Å². The van der Waals surface area contributed by atoms with Crippen molar-refractivity contribution in [2.75, 3.05) is 13.1 Å². The Morgan fingerprint density at radius 3 is 2.80 bits per heavy atom. The summed E-state index contributed by atoms with van der Waals surface area (Å²) in [7, 11) is 0. The van der Waals surface area contributed by atoms with Crippen LogP contribution in [0.25, 0.3) is 0 Å². The summed E-state index contributed by atoms with van der Waals surface area (Å²) in [6.45, 7) is 3.76. The molecule has 1 N–H and O–H groups in total. The molecule has 1 rings (SSSR count). The Kier molecular flexibility index (Phi) is 4.52. The van der Waals surface area contributed by atoms with Crippen LogP contribution in [0.15, 0.2) is 18.2 Å². The topological polar surface area (TPSA) is 55.2 Å². The van der Waals surface area contributed by atoms with Crippen molar-refractivity contribution in [1.29, 1.82) is 0 Å². The molecule has 4 nitrogen and oxygen atoms in total. The van der Waals surface area contributed by atoms with Crippen LogP contribution in [-0.2, 0) is 6.42 Å². The number of likely N-dealkylation sites (N-methyl/N-ethyl adjacent to an activating group) is 1. The summed E-state index contributed by atoms with van der Waals surface area (Å²) in [4.78, 5) is 10.0. The van der Waals surface area contributed by atoms with Crippen LogP contribution < -0.4 is 5.32 Å². The molecule has 5 heteroatoms. The number of hydrogen-bond donors (Lipinski definition) is 1. The Hall–Kier alpha value is -1.13. The fourth-order valence-electron chi connectivity index (χ4n) is 1.25. The first-order valence-corrected chi connectivity index (χ1v) is 5.16. The molecule has 1 aromatic carbocycles. The number of non-ortho nitro benzene ring substituents is 1. The molecule has 0 aliphatic rings. The molecule has 1 aromatic rings. The van der Waals surface area contributed by atoms with Gasteiger partial charge in [0.2, 0.25) is 0 Å². The number of hydrogen-bond acceptors (Lipinski definition) is 3. The van der Waals surface area contributed by atoms with Gasteiger partial charge in [0.15, 0.2) is 0 Å². The molecule has 0 saturated carbocycles. The van der Waals surface area contributed by atoms with Crippen molar-refractivity contribution in [3.05, 3.63) is 38.9 Å². The van der Waals surface area contributed by atoms with E-state index in [0.29, 0.717) is 5.02 Å². The summed E-state index contributed by atoms with van der Waals surface area (Å²) in [5.41, 5.74) is 0.968. The summed E-state index contributed by atoms with van der Waals surface area (Å²) in [5.74, 6) is 0. The third-order valence-corrected chi connectivity index (χ3v) is 2.42. The second kappa shape index (κ2) is 5.68. The number of nitrogens with zero attached hydrogens (tertiary/aromatic N) is 1. The van der Waals surface area contributed by atoms with Gasteiger partial charge in [-0.05, 0) is 25.1 Å². The lowest BCUT2D eigenvalue weighted by atomic mass is 10.1. The van der Waals surface area contributed by atoms with Gasteiger partial charge < -0.3 is 5.32 Å². The van der Waals surface area contributed by atoms with Gasteiger partial charge in [-0.2, -0.15) is 0 Å². The highest BCUT2D eigenvalue weighted by Crippen LogP contribution is 2.22. The zero-order chi connectivity index (χ0) is 11.3. The van der Waals surface area contributed by atoms with Crippen LogP contribution in [0.2, 0.25) is 5.02 Å². The van der Waals surface area contributed by atoms with E-state index in [4.69, 9.17) is 11.6 Å². The van der Waals surface area contributed by atoms with Crippen molar-refractivity contribution in [3.8, 4) is 0 Å². The molecule has 0 aliphatic heterocycles. The van der Waals surface area contributed by atoms with Crippen molar-refractivity contribution in [3.63, 3.8) is 0 Å². The van der Waals surface area contributed by atoms with Crippen molar-refractivity contribution >= 4 is 17.3 Å². The van der Waals surface area contributed by atoms with Crippen LogP contribution in [0.1, 0.15) is 12.5 Å². The molecule has 0 atom stereocenters. The number of halogens is 1. The SMILES string of the molecule is CCNCCc1ccc([N+](=O)[O-])cc1Cl. The first-order chi connectivity index (χ1) is 7.15. The molecule has 15 heavy (non-hydrogen) atoms. The van der Waals surface area contributed by atoms with Crippen molar-refractivity contribution < 1.29 is 4.92 Å². The van der Waals surface area contributed by atoms with Crippen LogP contribution in [0, 0.1) is 10.1 Å². The minimum Gasteiger partial charge on any atom is -0.317 e. The summed E-state index contributed by atoms with van der Waals surface area (Å²) >= 11 is 5.92. The minimum atomic E-state index is -0.444. The van der Waals surface area contributed by atoms with Gasteiger partial charge in [-0.15, -0.1) is 0 Å². The van der Waals surface area contributed by atoms with Crippen molar-refractivity contribution in [2.24, 2.45) is 0 Å². The quantitative estimate of drug-likeness (QED) is 0.478. The Labute approximate surface area is 93.4 Å². The Bertz CT molecular complexity index is 355. The monoisotopic (exact) mass is 228 g/mol. The molecule has 0 unspecified atom stereocenters. The highest BCUT2D eigenvalue weighted by atomic mass is 35.5. The molecule has 0 radical (unpaired) electrons.